The number of rotatable bonds is 3. The lowest BCUT2D eigenvalue weighted by molar-refractivity contribution is 0.884. The molecule has 1 unspecified atom stereocenters. The van der Waals surface area contributed by atoms with Crippen LogP contribution in [-0.2, 0) is 0 Å². The van der Waals surface area contributed by atoms with Crippen LogP contribution in [0.15, 0.2) is 42.5 Å². The summed E-state index contributed by atoms with van der Waals surface area (Å²) in [4.78, 5) is 0. The highest BCUT2D eigenvalue weighted by Crippen LogP contribution is 2.21. The highest BCUT2D eigenvalue weighted by atomic mass is 14.9. The van der Waals surface area contributed by atoms with Gasteiger partial charge in [0.05, 0.1) is 23.3 Å². The van der Waals surface area contributed by atoms with Crippen molar-refractivity contribution < 1.29 is 0 Å². The third-order valence-electron chi connectivity index (χ3n) is 3.27. The van der Waals surface area contributed by atoms with E-state index in [9.17, 15) is 0 Å². The SMILES string of the molecule is Cc1cc(NC(C)c2ccc(C#N)cc2)ccc1C#N. The first kappa shape index (κ1) is 13.6. The van der Waals surface area contributed by atoms with Crippen LogP contribution < -0.4 is 5.32 Å². The number of benzene rings is 2. The molecule has 0 saturated carbocycles. The van der Waals surface area contributed by atoms with E-state index in [2.05, 4.69) is 24.4 Å². The van der Waals surface area contributed by atoms with Gasteiger partial charge < -0.3 is 5.32 Å². The van der Waals surface area contributed by atoms with Gasteiger partial charge in [0.1, 0.15) is 0 Å². The summed E-state index contributed by atoms with van der Waals surface area (Å²) < 4.78 is 0. The molecule has 1 atom stereocenters. The maximum atomic E-state index is 8.92. The van der Waals surface area contributed by atoms with Crippen molar-refractivity contribution in [3.8, 4) is 12.1 Å². The Morgan fingerprint density at radius 1 is 1.00 bits per heavy atom. The molecule has 0 aliphatic heterocycles. The summed E-state index contributed by atoms with van der Waals surface area (Å²) in [6.07, 6.45) is 0. The standard InChI is InChI=1S/C17H15N3/c1-12-9-17(8-7-16(12)11-19)20-13(2)15-5-3-14(10-18)4-6-15/h3-9,13,20H,1-2H3. The molecule has 20 heavy (non-hydrogen) atoms. The van der Waals surface area contributed by atoms with Crippen molar-refractivity contribution in [1.82, 2.24) is 0 Å². The van der Waals surface area contributed by atoms with Crippen LogP contribution in [0, 0.1) is 29.6 Å². The third kappa shape index (κ3) is 2.96. The monoisotopic (exact) mass is 261 g/mol. The average molecular weight is 261 g/mol. The molecule has 0 fully saturated rings. The molecule has 3 heteroatoms. The van der Waals surface area contributed by atoms with Gasteiger partial charge in [-0.2, -0.15) is 10.5 Å². The van der Waals surface area contributed by atoms with Crippen molar-refractivity contribution in [1.29, 1.82) is 10.5 Å². The normalized spacial score (nSPS) is 11.2. The van der Waals surface area contributed by atoms with Gasteiger partial charge in [0, 0.05) is 11.7 Å². The first-order valence-corrected chi connectivity index (χ1v) is 6.41. The topological polar surface area (TPSA) is 59.6 Å². The Bertz CT molecular complexity index is 688. The second kappa shape index (κ2) is 5.91. The van der Waals surface area contributed by atoms with Gasteiger partial charge in [0.25, 0.3) is 0 Å². The molecule has 0 radical (unpaired) electrons. The zero-order valence-electron chi connectivity index (χ0n) is 11.5. The maximum Gasteiger partial charge on any atom is 0.0994 e. The van der Waals surface area contributed by atoms with Crippen LogP contribution >= 0.6 is 0 Å². The summed E-state index contributed by atoms with van der Waals surface area (Å²) in [7, 11) is 0. The molecule has 0 aliphatic rings. The van der Waals surface area contributed by atoms with E-state index < -0.39 is 0 Å². The molecule has 1 N–H and O–H groups in total. The zero-order valence-corrected chi connectivity index (χ0v) is 11.5. The van der Waals surface area contributed by atoms with Gasteiger partial charge in [-0.05, 0) is 55.3 Å². The first-order valence-electron chi connectivity index (χ1n) is 6.41. The lowest BCUT2D eigenvalue weighted by Crippen LogP contribution is -2.06. The molecule has 0 amide bonds. The Kier molecular flexibility index (Phi) is 4.03. The van der Waals surface area contributed by atoms with E-state index >= 15 is 0 Å². The largest absolute Gasteiger partial charge is 0.379 e. The van der Waals surface area contributed by atoms with E-state index in [4.69, 9.17) is 10.5 Å². The number of nitriles is 2. The number of nitrogens with zero attached hydrogens (tertiary/aromatic N) is 2. The maximum absolute atomic E-state index is 8.92. The molecule has 0 aromatic heterocycles. The molecule has 0 spiro atoms. The second-order valence-electron chi connectivity index (χ2n) is 4.74. The fourth-order valence-corrected chi connectivity index (χ4v) is 2.06. The molecule has 98 valence electrons. The number of hydrogen-bond acceptors (Lipinski definition) is 3. The smallest absolute Gasteiger partial charge is 0.0994 e. The molecular weight excluding hydrogens is 246 g/mol. The third-order valence-corrected chi connectivity index (χ3v) is 3.27. The molecule has 3 nitrogen and oxygen atoms in total. The molecule has 0 aliphatic carbocycles. The molecule has 2 rings (SSSR count). The van der Waals surface area contributed by atoms with E-state index in [1.54, 1.807) is 0 Å². The number of anilines is 1. The fraction of sp³-hybridized carbons (Fsp3) is 0.176. The average Bonchev–Trinajstić information content (AvgIpc) is 2.47. The quantitative estimate of drug-likeness (QED) is 0.911. The van der Waals surface area contributed by atoms with Crippen molar-refractivity contribution in [3.63, 3.8) is 0 Å². The van der Waals surface area contributed by atoms with Gasteiger partial charge in [-0.1, -0.05) is 12.1 Å². The van der Waals surface area contributed by atoms with E-state index in [1.807, 2.05) is 49.4 Å². The Labute approximate surface area is 119 Å². The Balaban J connectivity index is 2.15. The highest BCUT2D eigenvalue weighted by Gasteiger charge is 2.06. The minimum absolute atomic E-state index is 0.134. The minimum Gasteiger partial charge on any atom is -0.379 e. The van der Waals surface area contributed by atoms with Crippen LogP contribution in [0.3, 0.4) is 0 Å². The molecule has 2 aromatic rings. The van der Waals surface area contributed by atoms with Gasteiger partial charge in [-0.25, -0.2) is 0 Å². The minimum atomic E-state index is 0.134. The zero-order chi connectivity index (χ0) is 14.5. The summed E-state index contributed by atoms with van der Waals surface area (Å²) in [5, 5.41) is 21.1. The highest BCUT2D eigenvalue weighted by molar-refractivity contribution is 5.52. The number of aryl methyl sites for hydroxylation is 1. The van der Waals surface area contributed by atoms with E-state index in [1.165, 1.54) is 0 Å². The van der Waals surface area contributed by atoms with Crippen LogP contribution in [-0.4, -0.2) is 0 Å². The van der Waals surface area contributed by atoms with Gasteiger partial charge >= 0.3 is 0 Å². The fourth-order valence-electron chi connectivity index (χ4n) is 2.06. The van der Waals surface area contributed by atoms with Crippen LogP contribution in [0.25, 0.3) is 0 Å². The lowest BCUT2D eigenvalue weighted by atomic mass is 10.0. The van der Waals surface area contributed by atoms with Crippen LogP contribution in [0.5, 0.6) is 0 Å². The summed E-state index contributed by atoms with van der Waals surface area (Å²) >= 11 is 0. The van der Waals surface area contributed by atoms with Gasteiger partial charge in [0.15, 0.2) is 0 Å². The van der Waals surface area contributed by atoms with Crippen molar-refractivity contribution in [2.75, 3.05) is 5.32 Å². The van der Waals surface area contributed by atoms with Gasteiger partial charge in [-0.15, -0.1) is 0 Å². The summed E-state index contributed by atoms with van der Waals surface area (Å²) in [5.41, 5.74) is 4.42. The molecule has 0 heterocycles. The Hall–Kier alpha value is -2.78. The predicted molar refractivity (Wildman–Crippen MR) is 79.1 cm³/mol. The molecule has 0 bridgehead atoms. The number of nitrogens with one attached hydrogen (secondary N) is 1. The van der Waals surface area contributed by atoms with Gasteiger partial charge in [-0.3, -0.25) is 0 Å². The second-order valence-corrected chi connectivity index (χ2v) is 4.74. The van der Waals surface area contributed by atoms with Crippen LogP contribution in [0.1, 0.15) is 35.2 Å². The van der Waals surface area contributed by atoms with Crippen molar-refractivity contribution in [2.45, 2.75) is 19.9 Å². The first-order chi connectivity index (χ1) is 9.63. The predicted octanol–water partition coefficient (Wildman–Crippen LogP) is 3.91. The molecule has 2 aromatic carbocycles. The summed E-state index contributed by atoms with van der Waals surface area (Å²) in [6.45, 7) is 3.99. The molecular formula is C17H15N3. The lowest BCUT2D eigenvalue weighted by Gasteiger charge is -2.16. The number of hydrogen-bond donors (Lipinski definition) is 1. The summed E-state index contributed by atoms with van der Waals surface area (Å²) in [6, 6.07) is 17.6. The van der Waals surface area contributed by atoms with Crippen LogP contribution in [0.4, 0.5) is 5.69 Å². The van der Waals surface area contributed by atoms with Crippen molar-refractivity contribution >= 4 is 5.69 Å². The van der Waals surface area contributed by atoms with Crippen molar-refractivity contribution in [3.05, 3.63) is 64.7 Å². The summed E-state index contributed by atoms with van der Waals surface area (Å²) in [5.74, 6) is 0. The Morgan fingerprint density at radius 2 is 1.70 bits per heavy atom. The van der Waals surface area contributed by atoms with Crippen LogP contribution in [0.2, 0.25) is 0 Å². The van der Waals surface area contributed by atoms with Crippen molar-refractivity contribution in [2.24, 2.45) is 0 Å². The Morgan fingerprint density at radius 3 is 2.25 bits per heavy atom. The van der Waals surface area contributed by atoms with E-state index in [0.29, 0.717) is 11.1 Å². The van der Waals surface area contributed by atoms with E-state index in [0.717, 1.165) is 16.8 Å². The molecule has 0 saturated heterocycles. The van der Waals surface area contributed by atoms with Gasteiger partial charge in [0.2, 0.25) is 0 Å². The van der Waals surface area contributed by atoms with E-state index in [-0.39, 0.29) is 6.04 Å².